The summed E-state index contributed by atoms with van der Waals surface area (Å²) in [4.78, 5) is 0. The minimum atomic E-state index is 0. The van der Waals surface area contributed by atoms with Gasteiger partial charge in [0.15, 0.2) is 0 Å². The number of fused-ring (bicyclic) bond motifs is 2. The fourth-order valence-electron chi connectivity index (χ4n) is 3.53. The standard InChI is InChI=1S/2C12H13.Zr/c2*1-2-5-10-8-9-11-6-3-4-7-12(10)11;/h2*3-4,6-7,9-10H,2,5H2,1H3;/q2*-1;+2. The Labute approximate surface area is 172 Å². The third-order valence-corrected chi connectivity index (χ3v) is 4.78. The normalized spacial score (nSPS) is 18.8. The van der Waals surface area contributed by atoms with Crippen molar-refractivity contribution in [2.24, 2.45) is 0 Å². The van der Waals surface area contributed by atoms with Crippen molar-refractivity contribution < 1.29 is 26.2 Å². The van der Waals surface area contributed by atoms with Gasteiger partial charge in [0.1, 0.15) is 0 Å². The van der Waals surface area contributed by atoms with Crippen LogP contribution in [0.2, 0.25) is 0 Å². The van der Waals surface area contributed by atoms with E-state index in [0.717, 1.165) is 0 Å². The Morgan fingerprint density at radius 1 is 0.680 bits per heavy atom. The molecular formula is C24H26Zr. The molecule has 126 valence electrons. The second-order valence-electron chi connectivity index (χ2n) is 6.56. The predicted octanol–water partition coefficient (Wildman–Crippen LogP) is 6.80. The van der Waals surface area contributed by atoms with Crippen LogP contribution in [0.1, 0.15) is 73.6 Å². The molecule has 0 heterocycles. The minimum absolute atomic E-state index is 0. The van der Waals surface area contributed by atoms with Crippen molar-refractivity contribution in [2.75, 3.05) is 0 Å². The summed E-state index contributed by atoms with van der Waals surface area (Å²) in [5.74, 6) is 1.12. The molecule has 0 bridgehead atoms. The molecule has 25 heavy (non-hydrogen) atoms. The van der Waals surface area contributed by atoms with Gasteiger partial charge in [0, 0.05) is 0 Å². The van der Waals surface area contributed by atoms with Crippen LogP contribution in [0.15, 0.2) is 48.5 Å². The molecule has 0 fully saturated rings. The van der Waals surface area contributed by atoms with Gasteiger partial charge in [-0.3, -0.25) is 12.2 Å². The first-order valence-electron chi connectivity index (χ1n) is 9.19. The Kier molecular flexibility index (Phi) is 8.11. The summed E-state index contributed by atoms with van der Waals surface area (Å²) >= 11 is 0. The van der Waals surface area contributed by atoms with E-state index in [1.54, 1.807) is 0 Å². The van der Waals surface area contributed by atoms with Crippen LogP contribution in [-0.2, 0) is 26.2 Å². The van der Waals surface area contributed by atoms with E-state index < -0.39 is 0 Å². The maximum Gasteiger partial charge on any atom is 2.00 e. The summed E-state index contributed by atoms with van der Waals surface area (Å²) in [6.45, 7) is 4.45. The van der Waals surface area contributed by atoms with E-state index >= 15 is 0 Å². The number of hydrogen-bond acceptors (Lipinski definition) is 0. The first-order valence-corrected chi connectivity index (χ1v) is 9.19. The Balaban J connectivity index is 0.000000173. The molecule has 0 radical (unpaired) electrons. The van der Waals surface area contributed by atoms with Crippen molar-refractivity contribution in [3.05, 3.63) is 82.9 Å². The number of hydrogen-bond donors (Lipinski definition) is 0. The molecule has 4 rings (SSSR count). The van der Waals surface area contributed by atoms with Crippen LogP contribution in [-0.4, -0.2) is 0 Å². The van der Waals surface area contributed by atoms with Gasteiger partial charge in [0.25, 0.3) is 0 Å². The van der Waals surface area contributed by atoms with Crippen LogP contribution >= 0.6 is 0 Å². The Morgan fingerprint density at radius 3 is 1.48 bits per heavy atom. The molecule has 0 N–H and O–H groups in total. The molecule has 2 aliphatic carbocycles. The van der Waals surface area contributed by atoms with E-state index in [1.807, 2.05) is 0 Å². The number of allylic oxidation sites excluding steroid dienone is 2. The Hall–Kier alpha value is -1.20. The second kappa shape index (κ2) is 10.1. The third-order valence-electron chi connectivity index (χ3n) is 4.78. The molecule has 2 aliphatic rings. The minimum Gasteiger partial charge on any atom is -0.268 e. The van der Waals surface area contributed by atoms with Gasteiger partial charge in [-0.2, -0.15) is 11.1 Å². The summed E-state index contributed by atoms with van der Waals surface area (Å²) in [5.41, 5.74) is 5.63. The zero-order valence-corrected chi connectivity index (χ0v) is 17.7. The topological polar surface area (TPSA) is 0 Å². The summed E-state index contributed by atoms with van der Waals surface area (Å²) in [7, 11) is 0. The third kappa shape index (κ3) is 4.92. The van der Waals surface area contributed by atoms with E-state index in [2.05, 4.69) is 86.7 Å². The molecule has 0 aliphatic heterocycles. The van der Waals surface area contributed by atoms with Gasteiger partial charge in [0.05, 0.1) is 0 Å². The SMILES string of the molecule is CCCC1[C-]=Cc2ccccc21.CCCC1[C-]=Cc2ccccc21.[Zr+2]. The van der Waals surface area contributed by atoms with Crippen LogP contribution in [0.4, 0.5) is 0 Å². The van der Waals surface area contributed by atoms with Crippen LogP contribution in [0.25, 0.3) is 12.2 Å². The number of benzene rings is 2. The van der Waals surface area contributed by atoms with Gasteiger partial charge in [-0.25, -0.2) is 12.2 Å². The average Bonchev–Trinajstić information content (AvgIpc) is 3.22. The van der Waals surface area contributed by atoms with E-state index in [4.69, 9.17) is 0 Å². The maximum absolute atomic E-state index is 3.40. The molecule has 1 heteroatoms. The molecule has 0 saturated heterocycles. The van der Waals surface area contributed by atoms with Gasteiger partial charge in [-0.05, 0) is 0 Å². The quantitative estimate of drug-likeness (QED) is 0.491. The molecule has 2 atom stereocenters. The van der Waals surface area contributed by atoms with E-state index in [9.17, 15) is 0 Å². The summed E-state index contributed by atoms with van der Waals surface area (Å²) < 4.78 is 0. The Bertz CT molecular complexity index is 663. The van der Waals surface area contributed by atoms with Crippen molar-refractivity contribution in [1.82, 2.24) is 0 Å². The monoisotopic (exact) mass is 404 g/mol. The molecule has 2 unspecified atom stereocenters. The van der Waals surface area contributed by atoms with Crippen LogP contribution in [0.5, 0.6) is 0 Å². The first kappa shape index (κ1) is 20.1. The molecule has 2 aromatic rings. The fourth-order valence-corrected chi connectivity index (χ4v) is 3.53. The van der Waals surface area contributed by atoms with E-state index in [1.165, 1.54) is 47.9 Å². The fraction of sp³-hybridized carbons (Fsp3) is 0.333. The molecule has 0 nitrogen and oxygen atoms in total. The Morgan fingerprint density at radius 2 is 1.08 bits per heavy atom. The van der Waals surface area contributed by atoms with Crippen molar-refractivity contribution in [3.8, 4) is 0 Å². The number of rotatable bonds is 4. The van der Waals surface area contributed by atoms with Crippen molar-refractivity contribution >= 4 is 12.2 Å². The van der Waals surface area contributed by atoms with Crippen molar-refractivity contribution in [2.45, 2.75) is 51.4 Å². The van der Waals surface area contributed by atoms with Crippen LogP contribution in [0, 0.1) is 12.2 Å². The van der Waals surface area contributed by atoms with Gasteiger partial charge in [0.2, 0.25) is 0 Å². The molecular weight excluding hydrogens is 379 g/mol. The average molecular weight is 406 g/mol. The van der Waals surface area contributed by atoms with Crippen LogP contribution < -0.4 is 0 Å². The van der Waals surface area contributed by atoms with Crippen molar-refractivity contribution in [1.29, 1.82) is 0 Å². The largest absolute Gasteiger partial charge is 2.00 e. The van der Waals surface area contributed by atoms with Crippen molar-refractivity contribution in [3.63, 3.8) is 0 Å². The van der Waals surface area contributed by atoms with Gasteiger partial charge >= 0.3 is 26.2 Å². The molecule has 0 saturated carbocycles. The molecule has 2 aromatic carbocycles. The van der Waals surface area contributed by atoms with Gasteiger partial charge in [-0.15, -0.1) is 23.3 Å². The zero-order valence-electron chi connectivity index (χ0n) is 15.3. The van der Waals surface area contributed by atoms with Crippen LogP contribution in [0.3, 0.4) is 0 Å². The summed E-state index contributed by atoms with van der Waals surface area (Å²) in [6, 6.07) is 17.2. The molecule has 0 amide bonds. The maximum atomic E-state index is 3.40. The molecule has 0 spiro atoms. The second-order valence-corrected chi connectivity index (χ2v) is 6.56. The molecule has 0 aromatic heterocycles. The summed E-state index contributed by atoms with van der Waals surface area (Å²) in [5, 5.41) is 0. The van der Waals surface area contributed by atoms with E-state index in [-0.39, 0.29) is 26.2 Å². The smallest absolute Gasteiger partial charge is 0.268 e. The summed E-state index contributed by atoms with van der Waals surface area (Å²) in [6.07, 6.45) is 16.0. The van der Waals surface area contributed by atoms with Gasteiger partial charge < -0.3 is 0 Å². The predicted molar refractivity (Wildman–Crippen MR) is 104 cm³/mol. The van der Waals surface area contributed by atoms with E-state index in [0.29, 0.717) is 11.8 Å². The first-order chi connectivity index (χ1) is 11.8. The zero-order chi connectivity index (χ0) is 16.8. The van der Waals surface area contributed by atoms with Gasteiger partial charge in [-0.1, -0.05) is 87.8 Å².